The number of carbonyl (C=O) groups is 2. The largest absolute Gasteiger partial charge is 0.464 e. The standard InChI is InChI=1S/C16H23NO3/c1-11(2)10-20-16(19)13(4)17-15(18)9-14-7-5-12(3)6-8-14/h5-8,11,13H,9-10H2,1-4H3,(H,17,18)/t13-/m0/s1. The van der Waals surface area contributed by atoms with Crippen molar-refractivity contribution in [1.82, 2.24) is 5.32 Å². The summed E-state index contributed by atoms with van der Waals surface area (Å²) >= 11 is 0. The molecule has 0 heterocycles. The Hall–Kier alpha value is -1.84. The fourth-order valence-corrected chi connectivity index (χ4v) is 1.62. The molecule has 0 aliphatic carbocycles. The predicted octanol–water partition coefficient (Wildman–Crippen LogP) is 2.24. The van der Waals surface area contributed by atoms with Crippen LogP contribution in [0.4, 0.5) is 0 Å². The highest BCUT2D eigenvalue weighted by Crippen LogP contribution is 2.04. The van der Waals surface area contributed by atoms with Gasteiger partial charge in [-0.25, -0.2) is 4.79 Å². The van der Waals surface area contributed by atoms with Crippen LogP contribution in [0.5, 0.6) is 0 Å². The number of esters is 1. The summed E-state index contributed by atoms with van der Waals surface area (Å²) in [5.41, 5.74) is 2.08. The zero-order valence-corrected chi connectivity index (χ0v) is 12.6. The topological polar surface area (TPSA) is 55.4 Å². The number of hydrogen-bond acceptors (Lipinski definition) is 3. The molecule has 0 spiro atoms. The Morgan fingerprint density at radius 1 is 1.15 bits per heavy atom. The summed E-state index contributed by atoms with van der Waals surface area (Å²) in [5.74, 6) is -0.284. The van der Waals surface area contributed by atoms with Gasteiger partial charge in [-0.3, -0.25) is 4.79 Å². The second-order valence-electron chi connectivity index (χ2n) is 5.48. The molecule has 110 valence electrons. The molecule has 0 bridgehead atoms. The maximum Gasteiger partial charge on any atom is 0.328 e. The molecule has 4 nitrogen and oxygen atoms in total. The second-order valence-corrected chi connectivity index (χ2v) is 5.48. The number of benzene rings is 1. The summed E-state index contributed by atoms with van der Waals surface area (Å²) < 4.78 is 5.08. The minimum atomic E-state index is -0.619. The average Bonchev–Trinajstić information content (AvgIpc) is 2.38. The van der Waals surface area contributed by atoms with Gasteiger partial charge in [0.2, 0.25) is 5.91 Å². The summed E-state index contributed by atoms with van der Waals surface area (Å²) in [5, 5.41) is 2.65. The zero-order valence-electron chi connectivity index (χ0n) is 12.6. The van der Waals surface area contributed by atoms with Crippen LogP contribution in [0.25, 0.3) is 0 Å². The van der Waals surface area contributed by atoms with Gasteiger partial charge in [-0.2, -0.15) is 0 Å². The lowest BCUT2D eigenvalue weighted by Crippen LogP contribution is -2.40. The first-order chi connectivity index (χ1) is 9.38. The fraction of sp³-hybridized carbons (Fsp3) is 0.500. The van der Waals surface area contributed by atoms with E-state index in [1.165, 1.54) is 0 Å². The van der Waals surface area contributed by atoms with Crippen LogP contribution < -0.4 is 5.32 Å². The van der Waals surface area contributed by atoms with Crippen LogP contribution in [0.1, 0.15) is 31.9 Å². The van der Waals surface area contributed by atoms with Gasteiger partial charge >= 0.3 is 5.97 Å². The summed E-state index contributed by atoms with van der Waals surface area (Å²) in [6.45, 7) is 7.94. The molecule has 0 fully saturated rings. The Bertz CT molecular complexity index is 451. The molecule has 0 unspecified atom stereocenters. The Balaban J connectivity index is 2.41. The summed E-state index contributed by atoms with van der Waals surface area (Å²) in [6.07, 6.45) is 0.266. The van der Waals surface area contributed by atoms with Gasteiger partial charge in [0, 0.05) is 0 Å². The number of ether oxygens (including phenoxy) is 1. The first kappa shape index (κ1) is 16.2. The van der Waals surface area contributed by atoms with Crippen LogP contribution in [-0.2, 0) is 20.7 Å². The quantitative estimate of drug-likeness (QED) is 0.811. The fourth-order valence-electron chi connectivity index (χ4n) is 1.62. The van der Waals surface area contributed by atoms with Crippen molar-refractivity contribution < 1.29 is 14.3 Å². The molecule has 0 saturated carbocycles. The Labute approximate surface area is 120 Å². The SMILES string of the molecule is Cc1ccc(CC(=O)N[C@@H](C)C(=O)OCC(C)C)cc1. The number of carbonyl (C=O) groups excluding carboxylic acids is 2. The highest BCUT2D eigenvalue weighted by molar-refractivity contribution is 5.85. The van der Waals surface area contributed by atoms with Gasteiger partial charge in [0.05, 0.1) is 13.0 Å². The van der Waals surface area contributed by atoms with E-state index in [1.54, 1.807) is 6.92 Å². The van der Waals surface area contributed by atoms with Crippen molar-refractivity contribution >= 4 is 11.9 Å². The highest BCUT2D eigenvalue weighted by Gasteiger charge is 2.17. The molecule has 0 aliphatic rings. The summed E-state index contributed by atoms with van der Waals surface area (Å²) in [7, 11) is 0. The van der Waals surface area contributed by atoms with Crippen LogP contribution in [0.3, 0.4) is 0 Å². The van der Waals surface area contributed by atoms with Crippen LogP contribution in [0, 0.1) is 12.8 Å². The third kappa shape index (κ3) is 5.87. The van der Waals surface area contributed by atoms with E-state index in [4.69, 9.17) is 4.74 Å². The molecule has 1 atom stereocenters. The smallest absolute Gasteiger partial charge is 0.328 e. The maximum atomic E-state index is 11.8. The molecular formula is C16H23NO3. The molecule has 1 rings (SSSR count). The van der Waals surface area contributed by atoms with E-state index < -0.39 is 12.0 Å². The van der Waals surface area contributed by atoms with Crippen LogP contribution in [0.15, 0.2) is 24.3 Å². The third-order valence-corrected chi connectivity index (χ3v) is 2.78. The van der Waals surface area contributed by atoms with Crippen molar-refractivity contribution in [3.05, 3.63) is 35.4 Å². The lowest BCUT2D eigenvalue weighted by Gasteiger charge is -2.14. The highest BCUT2D eigenvalue weighted by atomic mass is 16.5. The first-order valence-corrected chi connectivity index (χ1v) is 6.90. The van der Waals surface area contributed by atoms with Gasteiger partial charge in [0.15, 0.2) is 0 Å². The van der Waals surface area contributed by atoms with Crippen molar-refractivity contribution in [1.29, 1.82) is 0 Å². The zero-order chi connectivity index (χ0) is 15.1. The lowest BCUT2D eigenvalue weighted by atomic mass is 10.1. The normalized spacial score (nSPS) is 12.1. The van der Waals surface area contributed by atoms with Gasteiger partial charge < -0.3 is 10.1 Å². The van der Waals surface area contributed by atoms with Gasteiger partial charge in [0.25, 0.3) is 0 Å². The van der Waals surface area contributed by atoms with Crippen molar-refractivity contribution in [2.75, 3.05) is 6.61 Å². The van der Waals surface area contributed by atoms with E-state index in [2.05, 4.69) is 5.32 Å². The molecule has 0 aromatic heterocycles. The molecule has 1 N–H and O–H groups in total. The van der Waals surface area contributed by atoms with E-state index >= 15 is 0 Å². The molecule has 1 aromatic carbocycles. The summed E-state index contributed by atoms with van der Waals surface area (Å²) in [6, 6.07) is 7.13. The molecule has 0 aliphatic heterocycles. The number of hydrogen-bond donors (Lipinski definition) is 1. The van der Waals surface area contributed by atoms with Gasteiger partial charge in [-0.15, -0.1) is 0 Å². The van der Waals surface area contributed by atoms with Crippen molar-refractivity contribution in [3.63, 3.8) is 0 Å². The van der Waals surface area contributed by atoms with Crippen LogP contribution in [0.2, 0.25) is 0 Å². The van der Waals surface area contributed by atoms with Crippen molar-refractivity contribution in [2.45, 2.75) is 40.2 Å². The Morgan fingerprint density at radius 2 is 1.75 bits per heavy atom. The number of aryl methyl sites for hydroxylation is 1. The van der Waals surface area contributed by atoms with E-state index in [0.29, 0.717) is 6.61 Å². The number of rotatable bonds is 6. The molecule has 0 radical (unpaired) electrons. The number of nitrogens with one attached hydrogen (secondary N) is 1. The molecule has 20 heavy (non-hydrogen) atoms. The van der Waals surface area contributed by atoms with E-state index in [-0.39, 0.29) is 18.2 Å². The average molecular weight is 277 g/mol. The first-order valence-electron chi connectivity index (χ1n) is 6.90. The molecule has 0 saturated heterocycles. The van der Waals surface area contributed by atoms with E-state index in [1.807, 2.05) is 45.0 Å². The van der Waals surface area contributed by atoms with E-state index in [0.717, 1.165) is 11.1 Å². The molecular weight excluding hydrogens is 254 g/mol. The number of amides is 1. The molecule has 1 amide bonds. The second kappa shape index (κ2) is 7.68. The van der Waals surface area contributed by atoms with Crippen LogP contribution >= 0.6 is 0 Å². The monoisotopic (exact) mass is 277 g/mol. The Kier molecular flexibility index (Phi) is 6.22. The lowest BCUT2D eigenvalue weighted by molar-refractivity contribution is -0.148. The maximum absolute atomic E-state index is 11.8. The van der Waals surface area contributed by atoms with Gasteiger partial charge in [-0.05, 0) is 25.3 Å². The minimum absolute atomic E-state index is 0.178. The minimum Gasteiger partial charge on any atom is -0.464 e. The Morgan fingerprint density at radius 3 is 2.30 bits per heavy atom. The van der Waals surface area contributed by atoms with E-state index in [9.17, 15) is 9.59 Å². The van der Waals surface area contributed by atoms with Crippen molar-refractivity contribution in [2.24, 2.45) is 5.92 Å². The third-order valence-electron chi connectivity index (χ3n) is 2.78. The van der Waals surface area contributed by atoms with Crippen LogP contribution in [-0.4, -0.2) is 24.5 Å². The van der Waals surface area contributed by atoms with Crippen molar-refractivity contribution in [3.8, 4) is 0 Å². The van der Waals surface area contributed by atoms with Gasteiger partial charge in [-0.1, -0.05) is 43.7 Å². The predicted molar refractivity (Wildman–Crippen MR) is 78.3 cm³/mol. The molecule has 4 heteroatoms. The van der Waals surface area contributed by atoms with Gasteiger partial charge in [0.1, 0.15) is 6.04 Å². The molecule has 1 aromatic rings. The summed E-state index contributed by atoms with van der Waals surface area (Å²) in [4.78, 5) is 23.5.